The molecule has 4 rings (SSSR count). The summed E-state index contributed by atoms with van der Waals surface area (Å²) in [6.45, 7) is 3.99. The number of allylic oxidation sites excluding steroid dienone is 1. The van der Waals surface area contributed by atoms with Crippen molar-refractivity contribution in [2.75, 3.05) is 0 Å². The first-order valence-electron chi connectivity index (χ1n) is 8.19. The zero-order chi connectivity index (χ0) is 16.4. The van der Waals surface area contributed by atoms with Crippen molar-refractivity contribution in [1.82, 2.24) is 4.57 Å². The van der Waals surface area contributed by atoms with E-state index < -0.39 is 0 Å². The Morgan fingerprint density at radius 1 is 0.792 bits per heavy atom. The highest BCUT2D eigenvalue weighted by Gasteiger charge is 2.18. The second-order valence-electron chi connectivity index (χ2n) is 5.81. The Bertz CT molecular complexity index is 931. The monoisotopic (exact) mass is 329 g/mol. The van der Waals surface area contributed by atoms with Gasteiger partial charge in [0.1, 0.15) is 0 Å². The van der Waals surface area contributed by atoms with Gasteiger partial charge in [-0.1, -0.05) is 60.7 Å². The first-order chi connectivity index (χ1) is 11.9. The van der Waals surface area contributed by atoms with E-state index in [4.69, 9.17) is 0 Å². The molecule has 1 heterocycles. The van der Waals surface area contributed by atoms with Crippen molar-refractivity contribution >= 4 is 33.6 Å². The normalized spacial score (nSPS) is 12.5. The minimum Gasteiger partial charge on any atom is -0.327 e. The molecule has 1 nitrogen and oxygen atoms in total. The molecule has 0 bridgehead atoms. The third kappa shape index (κ3) is 2.63. The Morgan fingerprint density at radius 3 is 1.92 bits per heavy atom. The summed E-state index contributed by atoms with van der Waals surface area (Å²) in [5, 5.41) is 2.92. The molecule has 1 unspecified atom stereocenters. The molecular weight excluding hydrogens is 310 g/mol. The molecule has 24 heavy (non-hydrogen) atoms. The van der Waals surface area contributed by atoms with E-state index in [1.807, 2.05) is 17.8 Å². The van der Waals surface area contributed by atoms with Crippen molar-refractivity contribution in [3.63, 3.8) is 0 Å². The highest BCUT2D eigenvalue weighted by molar-refractivity contribution is 7.99. The van der Waals surface area contributed by atoms with Crippen LogP contribution in [0.25, 0.3) is 21.8 Å². The molecule has 0 amide bonds. The zero-order valence-corrected chi connectivity index (χ0v) is 14.2. The van der Waals surface area contributed by atoms with Crippen molar-refractivity contribution < 1.29 is 0 Å². The number of hydrogen-bond donors (Lipinski definition) is 0. The van der Waals surface area contributed by atoms with Gasteiger partial charge in [0.15, 0.2) is 0 Å². The van der Waals surface area contributed by atoms with Gasteiger partial charge in [0.25, 0.3) is 0 Å². The van der Waals surface area contributed by atoms with Gasteiger partial charge in [-0.2, -0.15) is 0 Å². The van der Waals surface area contributed by atoms with E-state index in [1.165, 1.54) is 26.7 Å². The standard InChI is InChI=1S/C22H19NS/c1-2-10-22(24-17-11-4-3-5-12-17)23-20-15-8-6-13-18(20)19-14-7-9-16-21(19)23/h2-9,11-16,22H,1,10H2. The molecule has 3 aromatic carbocycles. The van der Waals surface area contributed by atoms with E-state index in [0.29, 0.717) is 0 Å². The van der Waals surface area contributed by atoms with E-state index in [2.05, 4.69) is 90.0 Å². The average molecular weight is 329 g/mol. The van der Waals surface area contributed by atoms with Crippen molar-refractivity contribution in [1.29, 1.82) is 0 Å². The Kier molecular flexibility index (Phi) is 4.14. The summed E-state index contributed by atoms with van der Waals surface area (Å²) in [7, 11) is 0. The molecule has 0 aliphatic rings. The van der Waals surface area contributed by atoms with Crippen molar-refractivity contribution in [2.45, 2.75) is 16.7 Å². The molecule has 1 atom stereocenters. The van der Waals surface area contributed by atoms with Gasteiger partial charge in [0, 0.05) is 15.7 Å². The van der Waals surface area contributed by atoms with Crippen LogP contribution in [0.3, 0.4) is 0 Å². The predicted molar refractivity (Wildman–Crippen MR) is 106 cm³/mol. The molecule has 0 spiro atoms. The maximum atomic E-state index is 3.99. The number of nitrogens with zero attached hydrogens (tertiary/aromatic N) is 1. The van der Waals surface area contributed by atoms with Crippen molar-refractivity contribution in [3.8, 4) is 0 Å². The third-order valence-electron chi connectivity index (χ3n) is 4.29. The van der Waals surface area contributed by atoms with Crippen LogP contribution in [0.4, 0.5) is 0 Å². The van der Waals surface area contributed by atoms with Crippen LogP contribution >= 0.6 is 11.8 Å². The molecule has 0 N–H and O–H groups in total. The lowest BCUT2D eigenvalue weighted by Gasteiger charge is -2.20. The van der Waals surface area contributed by atoms with E-state index in [0.717, 1.165) is 6.42 Å². The van der Waals surface area contributed by atoms with Gasteiger partial charge in [0.2, 0.25) is 0 Å². The first-order valence-corrected chi connectivity index (χ1v) is 9.07. The van der Waals surface area contributed by atoms with Crippen LogP contribution < -0.4 is 0 Å². The fourth-order valence-electron chi connectivity index (χ4n) is 3.27. The van der Waals surface area contributed by atoms with E-state index >= 15 is 0 Å². The number of thioether (sulfide) groups is 1. The summed E-state index contributed by atoms with van der Waals surface area (Å²) in [5.41, 5.74) is 2.57. The second kappa shape index (κ2) is 6.58. The van der Waals surface area contributed by atoms with Crippen LogP contribution in [0.15, 0.2) is 96.4 Å². The molecule has 1 aromatic heterocycles. The maximum absolute atomic E-state index is 3.99. The number of benzene rings is 3. The summed E-state index contributed by atoms with van der Waals surface area (Å²) < 4.78 is 2.46. The topological polar surface area (TPSA) is 4.93 Å². The van der Waals surface area contributed by atoms with Crippen LogP contribution in [0.5, 0.6) is 0 Å². The Labute approximate surface area is 146 Å². The summed E-state index contributed by atoms with van der Waals surface area (Å²) in [5.74, 6) is 0. The van der Waals surface area contributed by atoms with Gasteiger partial charge in [-0.25, -0.2) is 0 Å². The van der Waals surface area contributed by atoms with Crippen LogP contribution in [-0.2, 0) is 0 Å². The van der Waals surface area contributed by atoms with Crippen LogP contribution in [0.2, 0.25) is 0 Å². The van der Waals surface area contributed by atoms with Gasteiger partial charge >= 0.3 is 0 Å². The second-order valence-corrected chi connectivity index (χ2v) is 7.07. The average Bonchev–Trinajstić information content (AvgIpc) is 2.97. The lowest BCUT2D eigenvalue weighted by molar-refractivity contribution is 0.737. The first kappa shape index (κ1) is 15.1. The number of hydrogen-bond acceptors (Lipinski definition) is 1. The number of rotatable bonds is 5. The molecule has 118 valence electrons. The van der Waals surface area contributed by atoms with Gasteiger partial charge in [-0.15, -0.1) is 18.3 Å². The summed E-state index contributed by atoms with van der Waals surface area (Å²) in [4.78, 5) is 1.28. The highest BCUT2D eigenvalue weighted by atomic mass is 32.2. The molecule has 0 aliphatic heterocycles. The highest BCUT2D eigenvalue weighted by Crippen LogP contribution is 2.40. The molecule has 0 aliphatic carbocycles. The fourth-order valence-corrected chi connectivity index (χ4v) is 4.46. The minimum absolute atomic E-state index is 0.287. The SMILES string of the molecule is C=CCC(Sc1ccccc1)n1c2ccccc2c2ccccc21. The molecule has 0 fully saturated rings. The Hall–Kier alpha value is -2.45. The van der Waals surface area contributed by atoms with E-state index in [9.17, 15) is 0 Å². The Morgan fingerprint density at radius 2 is 1.33 bits per heavy atom. The smallest absolute Gasteiger partial charge is 0.0880 e. The van der Waals surface area contributed by atoms with Gasteiger partial charge in [0.05, 0.1) is 16.4 Å². The number of para-hydroxylation sites is 2. The molecular formula is C22H19NS. The van der Waals surface area contributed by atoms with Crippen molar-refractivity contribution in [3.05, 3.63) is 91.5 Å². The zero-order valence-electron chi connectivity index (χ0n) is 13.4. The largest absolute Gasteiger partial charge is 0.327 e. The number of aromatic nitrogens is 1. The van der Waals surface area contributed by atoms with Crippen LogP contribution in [0.1, 0.15) is 11.8 Å². The van der Waals surface area contributed by atoms with Gasteiger partial charge < -0.3 is 4.57 Å². The van der Waals surface area contributed by atoms with Crippen molar-refractivity contribution in [2.24, 2.45) is 0 Å². The number of fused-ring (bicyclic) bond motifs is 3. The molecule has 2 heteroatoms. The van der Waals surface area contributed by atoms with Gasteiger partial charge in [-0.3, -0.25) is 0 Å². The summed E-state index contributed by atoms with van der Waals surface area (Å²) in [6, 6.07) is 27.9. The predicted octanol–water partition coefficient (Wildman–Crippen LogP) is 6.66. The quantitative estimate of drug-likeness (QED) is 0.293. The fraction of sp³-hybridized carbons (Fsp3) is 0.0909. The third-order valence-corrected chi connectivity index (χ3v) is 5.51. The maximum Gasteiger partial charge on any atom is 0.0880 e. The summed E-state index contributed by atoms with van der Waals surface area (Å²) in [6.07, 6.45) is 2.94. The van der Waals surface area contributed by atoms with E-state index in [-0.39, 0.29) is 5.37 Å². The molecule has 0 radical (unpaired) electrons. The lowest BCUT2D eigenvalue weighted by Crippen LogP contribution is -2.04. The van der Waals surface area contributed by atoms with Crippen LogP contribution in [-0.4, -0.2) is 4.57 Å². The van der Waals surface area contributed by atoms with E-state index in [1.54, 1.807) is 0 Å². The molecule has 4 aromatic rings. The lowest BCUT2D eigenvalue weighted by atomic mass is 10.2. The Balaban J connectivity index is 1.92. The van der Waals surface area contributed by atoms with Gasteiger partial charge in [-0.05, 0) is 30.7 Å². The molecule has 0 saturated heterocycles. The molecule has 0 saturated carbocycles. The minimum atomic E-state index is 0.287. The summed E-state index contributed by atoms with van der Waals surface area (Å²) >= 11 is 1.89. The van der Waals surface area contributed by atoms with Crippen LogP contribution in [0, 0.1) is 0 Å².